The van der Waals surface area contributed by atoms with E-state index in [1.54, 1.807) is 39.2 Å². The third-order valence-corrected chi connectivity index (χ3v) is 7.14. The van der Waals surface area contributed by atoms with Crippen molar-refractivity contribution in [3.63, 3.8) is 0 Å². The monoisotopic (exact) mass is 244 g/mol. The van der Waals surface area contributed by atoms with Crippen molar-refractivity contribution in [2.45, 2.75) is 0 Å². The predicted octanol–water partition coefficient (Wildman–Crippen LogP) is 2.84. The molecule has 0 radical (unpaired) electrons. The molecule has 0 N–H and O–H groups in total. The molecule has 80 valence electrons. The fourth-order valence-corrected chi connectivity index (χ4v) is 9.10. The van der Waals surface area contributed by atoms with Crippen LogP contribution in [0.3, 0.4) is 0 Å². The normalized spacial score (nSPS) is 14.0. The molecular weight excluding hydrogens is 226 g/mol. The van der Waals surface area contributed by atoms with Crippen LogP contribution in [0.4, 0.5) is 0 Å². The number of hydrogen-bond donors (Lipinski definition) is 0. The Bertz CT molecular complexity index is 353. The molecule has 0 heterocycles. The molecule has 0 aromatic heterocycles. The minimum Gasteiger partial charge on any atom is -0.299 e. The van der Waals surface area contributed by atoms with Gasteiger partial charge in [0.25, 0.3) is 0 Å². The highest BCUT2D eigenvalue weighted by Gasteiger charge is 2.08. The zero-order chi connectivity index (χ0) is 10.9. The van der Waals surface area contributed by atoms with Crippen LogP contribution in [-0.2, 0) is 18.8 Å². The van der Waals surface area contributed by atoms with Gasteiger partial charge in [-0.2, -0.15) is 8.27 Å². The molecule has 0 rings (SSSR count). The third-order valence-electron chi connectivity index (χ3n) is 0.793. The minimum absolute atomic E-state index is 1.59. The molecule has 0 fully saturated rings. The number of rotatable bonds is 2. The summed E-state index contributed by atoms with van der Waals surface area (Å²) in [7, 11) is -6.53. The van der Waals surface area contributed by atoms with Crippen molar-refractivity contribution in [2.24, 2.45) is 8.27 Å². The number of hydrogen-bond acceptors (Lipinski definition) is 2. The molecule has 0 aliphatic carbocycles. The fraction of sp³-hybridized carbons (Fsp3) is 1.00. The molecule has 0 saturated heterocycles. The summed E-state index contributed by atoms with van der Waals surface area (Å²) in [5, 5.41) is 0. The Labute approximate surface area is 81.2 Å². The van der Waals surface area contributed by atoms with Crippen LogP contribution in [0.1, 0.15) is 0 Å². The van der Waals surface area contributed by atoms with Gasteiger partial charge in [0.15, 0.2) is 14.6 Å². The summed E-state index contributed by atoms with van der Waals surface area (Å²) in [6.45, 7) is 6.36. The first kappa shape index (κ1) is 13.4. The second-order valence-corrected chi connectivity index (χ2v) is 12.9. The molecule has 0 aromatic carbocycles. The molecule has 13 heavy (non-hydrogen) atoms. The quantitative estimate of drug-likeness (QED) is 0.701. The van der Waals surface area contributed by atoms with Crippen LogP contribution in [-0.4, -0.2) is 39.2 Å². The van der Waals surface area contributed by atoms with Crippen molar-refractivity contribution in [1.29, 1.82) is 0 Å². The lowest BCUT2D eigenvalue weighted by Gasteiger charge is -2.08. The highest BCUT2D eigenvalue weighted by atomic mass is 32.2. The van der Waals surface area contributed by atoms with Gasteiger partial charge in [-0.15, -0.1) is 0 Å². The van der Waals surface area contributed by atoms with E-state index in [-0.39, 0.29) is 0 Å². The molecule has 0 spiro atoms. The van der Waals surface area contributed by atoms with Gasteiger partial charge in [-0.3, -0.25) is 9.13 Å². The van der Waals surface area contributed by atoms with Crippen LogP contribution in [0.15, 0.2) is 8.27 Å². The van der Waals surface area contributed by atoms with Gasteiger partial charge < -0.3 is 0 Å². The Kier molecular flexibility index (Phi) is 4.00. The van der Waals surface area contributed by atoms with Crippen molar-refractivity contribution in [2.75, 3.05) is 39.2 Å². The average Bonchev–Trinajstić information content (AvgIpc) is 1.43. The van der Waals surface area contributed by atoms with Gasteiger partial charge in [-0.05, 0) is 0 Å². The number of nitrogens with zero attached hydrogens (tertiary/aromatic N) is 2. The zero-order valence-electron chi connectivity index (χ0n) is 9.01. The predicted molar refractivity (Wildman–Crippen MR) is 63.0 cm³/mol. The maximum atomic E-state index is 11.4. The van der Waals surface area contributed by atoms with Crippen molar-refractivity contribution < 1.29 is 9.13 Å². The van der Waals surface area contributed by atoms with E-state index in [9.17, 15) is 9.13 Å². The van der Waals surface area contributed by atoms with Crippen molar-refractivity contribution in [3.05, 3.63) is 0 Å². The Morgan fingerprint density at radius 3 is 1.23 bits per heavy atom. The molecule has 0 atom stereocenters. The average molecular weight is 244 g/mol. The molecule has 0 aliphatic rings. The lowest BCUT2D eigenvalue weighted by molar-refractivity contribution is 0.583. The van der Waals surface area contributed by atoms with E-state index in [0.717, 1.165) is 0 Å². The summed E-state index contributed by atoms with van der Waals surface area (Å²) in [6.07, 6.45) is 3.60. The second-order valence-electron chi connectivity index (χ2n) is 3.97. The van der Waals surface area contributed by atoms with Crippen molar-refractivity contribution in [3.8, 4) is 0 Å². The summed E-state index contributed by atoms with van der Waals surface area (Å²) in [5.74, 6) is 0. The highest BCUT2D eigenvalue weighted by Crippen LogP contribution is 2.43. The summed E-state index contributed by atoms with van der Waals surface area (Å²) in [5.41, 5.74) is 0. The third kappa shape index (κ3) is 8.73. The lowest BCUT2D eigenvalue weighted by atomic mass is 11.9. The molecule has 7 heteroatoms. The first-order valence-electron chi connectivity index (χ1n) is 3.74. The first-order chi connectivity index (χ1) is 5.41. The van der Waals surface area contributed by atoms with Gasteiger partial charge in [0, 0.05) is 39.2 Å². The van der Waals surface area contributed by atoms with Gasteiger partial charge in [0.1, 0.15) is 0 Å². The van der Waals surface area contributed by atoms with Crippen LogP contribution < -0.4 is 0 Å². The van der Waals surface area contributed by atoms with Crippen LogP contribution in [0.5, 0.6) is 0 Å². The Balaban J connectivity index is 5.47. The maximum absolute atomic E-state index is 11.4. The minimum atomic E-state index is -2.43. The molecule has 0 aliphatic heterocycles. The van der Waals surface area contributed by atoms with E-state index in [2.05, 4.69) is 8.27 Å². The van der Waals surface area contributed by atoms with E-state index in [1.807, 2.05) is 0 Å². The standard InChI is InChI=1S/C6H18N2O2P2S/c1-11(2,9)7-13(5,6)8-12(3,4)10/h1-6H3. The maximum Gasteiger partial charge on any atom is 0.191 e. The van der Waals surface area contributed by atoms with Gasteiger partial charge in [-0.1, -0.05) is 9.62 Å². The topological polar surface area (TPSA) is 58.9 Å². The van der Waals surface area contributed by atoms with E-state index < -0.39 is 24.2 Å². The molecule has 0 unspecified atom stereocenters. The summed E-state index contributed by atoms with van der Waals surface area (Å²) in [6, 6.07) is 0. The van der Waals surface area contributed by atoms with Crippen LogP contribution >= 0.6 is 14.6 Å². The Hall–Kier alpha value is 0.410. The smallest absolute Gasteiger partial charge is 0.191 e. The van der Waals surface area contributed by atoms with Crippen LogP contribution in [0, 0.1) is 0 Å². The molecule has 0 amide bonds. The van der Waals surface area contributed by atoms with E-state index in [1.165, 1.54) is 0 Å². The van der Waals surface area contributed by atoms with Gasteiger partial charge in [0.05, 0.1) is 0 Å². The van der Waals surface area contributed by atoms with Gasteiger partial charge in [0.2, 0.25) is 0 Å². The zero-order valence-corrected chi connectivity index (χ0v) is 11.6. The largest absolute Gasteiger partial charge is 0.299 e. The molecule has 0 saturated carbocycles. The van der Waals surface area contributed by atoms with Gasteiger partial charge >= 0.3 is 0 Å². The van der Waals surface area contributed by atoms with Crippen LogP contribution in [0.25, 0.3) is 0 Å². The van der Waals surface area contributed by atoms with Gasteiger partial charge in [-0.25, -0.2) is 0 Å². The SMILES string of the molecule is CP(C)(=O)N=S(C)(C)=NP(C)(C)=O. The van der Waals surface area contributed by atoms with E-state index in [4.69, 9.17) is 0 Å². The molecule has 0 aromatic rings. The van der Waals surface area contributed by atoms with E-state index in [0.29, 0.717) is 0 Å². The molecular formula is C6H18N2O2P2S. The first-order valence-corrected chi connectivity index (χ1v) is 11.2. The fourth-order valence-electron chi connectivity index (χ4n) is 0.979. The van der Waals surface area contributed by atoms with Crippen LogP contribution in [0.2, 0.25) is 0 Å². The summed E-state index contributed by atoms with van der Waals surface area (Å²) < 4.78 is 31.1. The lowest BCUT2D eigenvalue weighted by Crippen LogP contribution is -1.91. The van der Waals surface area contributed by atoms with Crippen molar-refractivity contribution >= 4 is 24.2 Å². The molecule has 0 bridgehead atoms. The molecule has 4 nitrogen and oxygen atoms in total. The van der Waals surface area contributed by atoms with E-state index >= 15 is 0 Å². The summed E-state index contributed by atoms with van der Waals surface area (Å²) >= 11 is 0. The summed E-state index contributed by atoms with van der Waals surface area (Å²) in [4.78, 5) is 0. The Morgan fingerprint density at radius 1 is 0.846 bits per heavy atom. The Morgan fingerprint density at radius 2 is 1.08 bits per heavy atom. The highest BCUT2D eigenvalue weighted by molar-refractivity contribution is 8.00. The van der Waals surface area contributed by atoms with Crippen molar-refractivity contribution in [1.82, 2.24) is 0 Å². The second kappa shape index (κ2) is 3.88.